The third kappa shape index (κ3) is 4.79. The molecule has 8 heteroatoms. The van der Waals surface area contributed by atoms with E-state index in [1.807, 2.05) is 37.3 Å². The number of nitrogens with one attached hydrogen (secondary N) is 3. The molecule has 6 nitrogen and oxygen atoms in total. The first-order valence-corrected chi connectivity index (χ1v) is 10.1. The molecule has 0 unspecified atom stereocenters. The Morgan fingerprint density at radius 1 is 0.970 bits per heavy atom. The summed E-state index contributed by atoms with van der Waals surface area (Å²) < 4.78 is 26.8. The van der Waals surface area contributed by atoms with Crippen molar-refractivity contribution in [2.24, 2.45) is 4.99 Å². The second-order valence-corrected chi connectivity index (χ2v) is 7.47. The van der Waals surface area contributed by atoms with Gasteiger partial charge in [-0.25, -0.2) is 13.6 Å². The van der Waals surface area contributed by atoms with Gasteiger partial charge in [0.15, 0.2) is 0 Å². The highest BCUT2D eigenvalue weighted by molar-refractivity contribution is 6.06. The molecule has 4 rings (SSSR count). The molecule has 2 aromatic rings. The van der Waals surface area contributed by atoms with E-state index in [0.717, 1.165) is 23.3 Å². The molecule has 0 atom stereocenters. The van der Waals surface area contributed by atoms with Gasteiger partial charge in [-0.15, -0.1) is 0 Å². The Balaban J connectivity index is 1.59. The normalized spacial score (nSPS) is 11.5. The lowest BCUT2D eigenvalue weighted by Gasteiger charge is -2.10. The number of aryl methyl sites for hydroxylation is 1. The number of nitrogens with zero attached hydrogens (tertiary/aromatic N) is 1. The van der Waals surface area contributed by atoms with Crippen molar-refractivity contribution in [3.8, 4) is 11.3 Å². The van der Waals surface area contributed by atoms with Crippen LogP contribution in [-0.4, -0.2) is 16.7 Å². The van der Waals surface area contributed by atoms with Crippen molar-refractivity contribution < 1.29 is 13.6 Å². The standard InChI is InChI=1S/C25H20F2N4O2/c1-14-8-10-17(29-25(33)31-21-11-9-16(26)12-19(21)27)13-22(14)28-15(2)23-18-6-4-3-5-7-20(18)30-24(23)32/h3-13H,1-2H3,(H,30,32)(H2,29,31,33). The van der Waals surface area contributed by atoms with Crippen LogP contribution >= 0.6 is 0 Å². The molecule has 2 aromatic carbocycles. The molecule has 33 heavy (non-hydrogen) atoms. The number of anilines is 2. The van der Waals surface area contributed by atoms with E-state index < -0.39 is 17.7 Å². The number of aromatic nitrogens is 1. The molecule has 1 aliphatic heterocycles. The van der Waals surface area contributed by atoms with Crippen LogP contribution in [0.5, 0.6) is 0 Å². The number of H-pyrrole nitrogens is 1. The summed E-state index contributed by atoms with van der Waals surface area (Å²) in [6.45, 7) is 3.61. The van der Waals surface area contributed by atoms with Crippen LogP contribution in [0.1, 0.15) is 18.1 Å². The Morgan fingerprint density at radius 2 is 1.76 bits per heavy atom. The Kier molecular flexibility index (Phi) is 5.99. The lowest BCUT2D eigenvalue weighted by molar-refractivity contribution is 0.262. The largest absolute Gasteiger partial charge is 0.323 e. The number of rotatable bonds is 4. The maximum absolute atomic E-state index is 13.8. The molecule has 0 spiro atoms. The zero-order chi connectivity index (χ0) is 23.5. The molecule has 1 heterocycles. The molecule has 0 saturated carbocycles. The predicted octanol–water partition coefficient (Wildman–Crippen LogP) is 5.85. The first-order chi connectivity index (χ1) is 15.8. The summed E-state index contributed by atoms with van der Waals surface area (Å²) in [5, 5.41) is 4.95. The fraction of sp³-hybridized carbons (Fsp3) is 0.0800. The minimum atomic E-state index is -0.879. The van der Waals surface area contributed by atoms with Gasteiger partial charge in [0.25, 0.3) is 5.56 Å². The fourth-order valence-electron chi connectivity index (χ4n) is 3.46. The predicted molar refractivity (Wildman–Crippen MR) is 126 cm³/mol. The molecule has 166 valence electrons. The lowest BCUT2D eigenvalue weighted by Crippen LogP contribution is -2.20. The van der Waals surface area contributed by atoms with Crippen LogP contribution in [0.4, 0.5) is 30.6 Å². The third-order valence-corrected chi connectivity index (χ3v) is 5.08. The molecule has 2 aliphatic rings. The molecule has 1 aliphatic carbocycles. The van der Waals surface area contributed by atoms with E-state index in [4.69, 9.17) is 0 Å². The molecular weight excluding hydrogens is 426 g/mol. The van der Waals surface area contributed by atoms with Crippen molar-refractivity contribution in [1.82, 2.24) is 4.98 Å². The van der Waals surface area contributed by atoms with Crippen molar-refractivity contribution in [1.29, 1.82) is 0 Å². The quantitative estimate of drug-likeness (QED) is 0.344. The molecule has 2 amide bonds. The summed E-state index contributed by atoms with van der Waals surface area (Å²) in [5.74, 6) is -1.62. The maximum atomic E-state index is 13.8. The zero-order valence-electron chi connectivity index (χ0n) is 17.9. The summed E-state index contributed by atoms with van der Waals surface area (Å²) >= 11 is 0. The van der Waals surface area contributed by atoms with E-state index in [2.05, 4.69) is 20.6 Å². The van der Waals surface area contributed by atoms with Gasteiger partial charge in [-0.05, 0) is 49.7 Å². The number of amides is 2. The molecule has 0 fully saturated rings. The van der Waals surface area contributed by atoms with Crippen molar-refractivity contribution in [3.05, 3.63) is 99.8 Å². The maximum Gasteiger partial charge on any atom is 0.323 e. The van der Waals surface area contributed by atoms with Gasteiger partial charge in [-0.1, -0.05) is 30.3 Å². The second-order valence-electron chi connectivity index (χ2n) is 7.47. The Hall–Kier alpha value is -4.33. The molecular formula is C25H20F2N4O2. The number of hydrogen-bond acceptors (Lipinski definition) is 3. The number of benzene rings is 2. The van der Waals surface area contributed by atoms with E-state index in [0.29, 0.717) is 34.4 Å². The van der Waals surface area contributed by atoms with E-state index in [1.54, 1.807) is 25.1 Å². The monoisotopic (exact) mass is 446 g/mol. The summed E-state index contributed by atoms with van der Waals surface area (Å²) in [5.41, 5.74) is 3.91. The minimum absolute atomic E-state index is 0.148. The van der Waals surface area contributed by atoms with Crippen LogP contribution in [-0.2, 0) is 0 Å². The highest BCUT2D eigenvalue weighted by Gasteiger charge is 2.16. The van der Waals surface area contributed by atoms with Gasteiger partial charge in [-0.3, -0.25) is 9.79 Å². The number of carbonyl (C=O) groups excluding carboxylic acids is 1. The van der Waals surface area contributed by atoms with E-state index in [-0.39, 0.29) is 11.2 Å². The van der Waals surface area contributed by atoms with E-state index >= 15 is 0 Å². The van der Waals surface area contributed by atoms with Gasteiger partial charge < -0.3 is 15.6 Å². The fourth-order valence-corrected chi connectivity index (χ4v) is 3.46. The summed E-state index contributed by atoms with van der Waals surface area (Å²) in [6, 6.07) is 16.5. The van der Waals surface area contributed by atoms with Gasteiger partial charge in [0.2, 0.25) is 0 Å². The van der Waals surface area contributed by atoms with E-state index in [1.165, 1.54) is 0 Å². The molecule has 0 aromatic heterocycles. The number of halogens is 2. The van der Waals surface area contributed by atoms with Gasteiger partial charge in [-0.2, -0.15) is 0 Å². The van der Waals surface area contributed by atoms with Crippen LogP contribution in [0, 0.1) is 18.6 Å². The van der Waals surface area contributed by atoms with Crippen LogP contribution in [0.25, 0.3) is 11.3 Å². The van der Waals surface area contributed by atoms with E-state index in [9.17, 15) is 18.4 Å². The number of hydrogen-bond donors (Lipinski definition) is 3. The Labute approximate surface area is 188 Å². The van der Waals surface area contributed by atoms with Crippen molar-refractivity contribution >= 4 is 28.8 Å². The first kappa shape index (κ1) is 21.9. The highest BCUT2D eigenvalue weighted by Crippen LogP contribution is 2.27. The van der Waals surface area contributed by atoms with Crippen molar-refractivity contribution in [2.45, 2.75) is 13.8 Å². The smallest absolute Gasteiger partial charge is 0.321 e. The van der Waals surface area contributed by atoms with Crippen LogP contribution in [0.15, 0.2) is 76.5 Å². The number of aliphatic imine (C=N–C) groups is 1. The molecule has 0 saturated heterocycles. The first-order valence-electron chi connectivity index (χ1n) is 10.1. The highest BCUT2D eigenvalue weighted by atomic mass is 19.1. The van der Waals surface area contributed by atoms with Crippen LogP contribution in [0.3, 0.4) is 0 Å². The minimum Gasteiger partial charge on any atom is -0.321 e. The average Bonchev–Trinajstić information content (AvgIpc) is 2.91. The summed E-state index contributed by atoms with van der Waals surface area (Å²) in [6.07, 6.45) is 0. The third-order valence-electron chi connectivity index (χ3n) is 5.08. The summed E-state index contributed by atoms with van der Waals surface area (Å²) in [7, 11) is 0. The van der Waals surface area contributed by atoms with Gasteiger partial charge in [0, 0.05) is 23.0 Å². The number of urea groups is 1. The Bertz CT molecular complexity index is 1410. The molecule has 0 bridgehead atoms. The number of aromatic amines is 1. The number of fused-ring (bicyclic) bond motifs is 1. The topological polar surface area (TPSA) is 86.3 Å². The van der Waals surface area contributed by atoms with Crippen molar-refractivity contribution in [2.75, 3.05) is 10.6 Å². The van der Waals surface area contributed by atoms with Gasteiger partial charge in [0.05, 0.1) is 22.6 Å². The van der Waals surface area contributed by atoms with Gasteiger partial charge in [0.1, 0.15) is 11.6 Å². The lowest BCUT2D eigenvalue weighted by atomic mass is 10.1. The van der Waals surface area contributed by atoms with Gasteiger partial charge >= 0.3 is 6.03 Å². The SMILES string of the molecule is CC(=Nc1cc(NC(=O)Nc2ccc(F)cc2F)ccc1C)c1c2cccccc-2[nH]c1=O. The molecule has 3 N–H and O–H groups in total. The van der Waals surface area contributed by atoms with Crippen LogP contribution in [0.2, 0.25) is 0 Å². The average molecular weight is 446 g/mol. The number of carbonyl (C=O) groups is 1. The van der Waals surface area contributed by atoms with Crippen LogP contribution < -0.4 is 16.2 Å². The summed E-state index contributed by atoms with van der Waals surface area (Å²) in [4.78, 5) is 32.3. The Morgan fingerprint density at radius 3 is 2.55 bits per heavy atom. The second kappa shape index (κ2) is 9.04. The molecule has 0 radical (unpaired) electrons. The zero-order valence-corrected chi connectivity index (χ0v) is 17.9. The van der Waals surface area contributed by atoms with Crippen molar-refractivity contribution in [3.63, 3.8) is 0 Å².